The normalized spacial score (nSPS) is 11.2. The zero-order valence-electron chi connectivity index (χ0n) is 38.2. The van der Waals surface area contributed by atoms with Crippen LogP contribution in [-0.4, -0.2) is 13.2 Å². The molecule has 0 atom stereocenters. The largest absolute Gasteiger partial charge is 0.494 e. The summed E-state index contributed by atoms with van der Waals surface area (Å²) in [7, 11) is 0. The van der Waals surface area contributed by atoms with Crippen LogP contribution in [0.5, 0.6) is 11.5 Å². The highest BCUT2D eigenvalue weighted by molar-refractivity contribution is 6.07. The summed E-state index contributed by atoms with van der Waals surface area (Å²) >= 11 is 0. The van der Waals surface area contributed by atoms with E-state index in [-0.39, 0.29) is 0 Å². The predicted molar refractivity (Wildman–Crippen MR) is 268 cm³/mol. The van der Waals surface area contributed by atoms with E-state index in [1.54, 1.807) is 0 Å². The second kappa shape index (κ2) is 27.1. The molecule has 0 bridgehead atoms. The van der Waals surface area contributed by atoms with Crippen molar-refractivity contribution in [3.05, 3.63) is 146 Å². The fourth-order valence-corrected chi connectivity index (χ4v) is 8.86. The van der Waals surface area contributed by atoms with Crippen LogP contribution in [0.1, 0.15) is 142 Å². The van der Waals surface area contributed by atoms with Crippen molar-refractivity contribution in [3.8, 4) is 67.1 Å². The van der Waals surface area contributed by atoms with E-state index >= 15 is 0 Å². The van der Waals surface area contributed by atoms with E-state index in [2.05, 4.69) is 159 Å². The third-order valence-corrected chi connectivity index (χ3v) is 12.4. The standard InChI is InChI=1S/C60H74O2/c1-3-5-7-9-11-13-15-17-19-30-46-61-54-42-38-52(39-43-54)59-57(50-34-26-22-27-35-50)48-56(49-32-24-21-25-33-49)58(51-36-28-23-29-37-51)60(59)53-40-44-55(45-41-53)62-47-31-20-18-16-14-12-10-8-6-4-2/h21-29,32-45,48H,3-20,30-31,46-47H2,1-2H3. The molecule has 62 heavy (non-hydrogen) atoms. The number of hydrogen-bond donors (Lipinski definition) is 0. The van der Waals surface area contributed by atoms with Gasteiger partial charge in [0.2, 0.25) is 0 Å². The van der Waals surface area contributed by atoms with Gasteiger partial charge in [0, 0.05) is 0 Å². The van der Waals surface area contributed by atoms with Gasteiger partial charge < -0.3 is 9.47 Å². The van der Waals surface area contributed by atoms with Gasteiger partial charge in [0.05, 0.1) is 13.2 Å². The van der Waals surface area contributed by atoms with Crippen molar-refractivity contribution < 1.29 is 9.47 Å². The van der Waals surface area contributed by atoms with Gasteiger partial charge in [-0.2, -0.15) is 0 Å². The van der Waals surface area contributed by atoms with E-state index in [0.717, 1.165) is 37.6 Å². The van der Waals surface area contributed by atoms with E-state index in [1.807, 2.05) is 0 Å². The summed E-state index contributed by atoms with van der Waals surface area (Å²) in [5.74, 6) is 1.86. The van der Waals surface area contributed by atoms with Crippen LogP contribution in [0.3, 0.4) is 0 Å². The summed E-state index contributed by atoms with van der Waals surface area (Å²) in [6.07, 6.45) is 26.4. The van der Waals surface area contributed by atoms with Crippen LogP contribution >= 0.6 is 0 Å². The monoisotopic (exact) mass is 827 g/mol. The molecule has 6 rings (SSSR count). The van der Waals surface area contributed by atoms with Crippen LogP contribution in [0.25, 0.3) is 55.6 Å². The first kappa shape index (κ1) is 46.4. The van der Waals surface area contributed by atoms with Gasteiger partial charge in [0.15, 0.2) is 0 Å². The quantitative estimate of drug-likeness (QED) is 0.0439. The molecule has 2 nitrogen and oxygen atoms in total. The average Bonchev–Trinajstić information content (AvgIpc) is 3.33. The molecule has 0 fully saturated rings. The Morgan fingerprint density at radius 3 is 0.919 bits per heavy atom. The Balaban J connectivity index is 1.26. The maximum Gasteiger partial charge on any atom is 0.119 e. The Kier molecular flexibility index (Phi) is 20.3. The first-order valence-electron chi connectivity index (χ1n) is 24.6. The van der Waals surface area contributed by atoms with Crippen LogP contribution in [0.15, 0.2) is 146 Å². The molecule has 0 aliphatic rings. The molecule has 0 saturated carbocycles. The SMILES string of the molecule is CCCCCCCCCCCCOc1ccc(-c2c(-c3ccccc3)cc(-c3ccccc3)c(-c3ccccc3)c2-c2ccc(OCCCCCCCCCCCC)cc2)cc1. The lowest BCUT2D eigenvalue weighted by Crippen LogP contribution is -2.00. The van der Waals surface area contributed by atoms with Gasteiger partial charge in [-0.1, -0.05) is 245 Å². The third-order valence-electron chi connectivity index (χ3n) is 12.4. The predicted octanol–water partition coefficient (Wildman–Crippen LogP) is 18.6. The molecule has 0 saturated heterocycles. The highest BCUT2D eigenvalue weighted by atomic mass is 16.5. The number of ether oxygens (including phenoxy) is 2. The smallest absolute Gasteiger partial charge is 0.119 e. The number of rotatable bonds is 29. The highest BCUT2D eigenvalue weighted by Gasteiger charge is 2.24. The molecule has 0 aliphatic heterocycles. The van der Waals surface area contributed by atoms with Crippen molar-refractivity contribution in [2.75, 3.05) is 13.2 Å². The van der Waals surface area contributed by atoms with E-state index in [9.17, 15) is 0 Å². The first-order valence-corrected chi connectivity index (χ1v) is 24.6. The Labute approximate surface area is 376 Å². The maximum absolute atomic E-state index is 6.36. The van der Waals surface area contributed by atoms with Crippen molar-refractivity contribution in [1.29, 1.82) is 0 Å². The highest BCUT2D eigenvalue weighted by Crippen LogP contribution is 2.50. The van der Waals surface area contributed by atoms with Crippen LogP contribution in [0, 0.1) is 0 Å². The molecule has 0 amide bonds. The molecule has 0 aromatic heterocycles. The molecule has 0 unspecified atom stereocenters. The minimum Gasteiger partial charge on any atom is -0.494 e. The summed E-state index contributed by atoms with van der Waals surface area (Å²) in [6.45, 7) is 6.09. The van der Waals surface area contributed by atoms with Gasteiger partial charge in [-0.3, -0.25) is 0 Å². The van der Waals surface area contributed by atoms with Gasteiger partial charge in [-0.05, 0) is 98.8 Å². The van der Waals surface area contributed by atoms with Crippen LogP contribution in [-0.2, 0) is 0 Å². The topological polar surface area (TPSA) is 18.5 Å². The van der Waals surface area contributed by atoms with Crippen molar-refractivity contribution in [1.82, 2.24) is 0 Å². The molecule has 326 valence electrons. The van der Waals surface area contributed by atoms with Crippen LogP contribution < -0.4 is 9.47 Å². The van der Waals surface area contributed by atoms with E-state index in [4.69, 9.17) is 9.47 Å². The van der Waals surface area contributed by atoms with Gasteiger partial charge >= 0.3 is 0 Å². The van der Waals surface area contributed by atoms with Crippen molar-refractivity contribution in [3.63, 3.8) is 0 Å². The number of unbranched alkanes of at least 4 members (excludes halogenated alkanes) is 18. The maximum atomic E-state index is 6.36. The van der Waals surface area contributed by atoms with Gasteiger partial charge in [0.1, 0.15) is 11.5 Å². The second-order valence-electron chi connectivity index (χ2n) is 17.3. The zero-order chi connectivity index (χ0) is 42.9. The lowest BCUT2D eigenvalue weighted by atomic mass is 9.79. The van der Waals surface area contributed by atoms with Gasteiger partial charge in [-0.15, -0.1) is 0 Å². The molecule has 0 heterocycles. The molecule has 0 aliphatic carbocycles. The van der Waals surface area contributed by atoms with Crippen LogP contribution in [0.4, 0.5) is 0 Å². The van der Waals surface area contributed by atoms with Crippen molar-refractivity contribution >= 4 is 0 Å². The Bertz CT molecular complexity index is 2090. The molecule has 6 aromatic rings. The summed E-state index contributed by atoms with van der Waals surface area (Å²) in [5.41, 5.74) is 12.0. The Morgan fingerprint density at radius 2 is 0.565 bits per heavy atom. The lowest BCUT2D eigenvalue weighted by molar-refractivity contribution is 0.304. The minimum atomic E-state index is 0.756. The molecular formula is C60H74O2. The third kappa shape index (κ3) is 14.5. The lowest BCUT2D eigenvalue weighted by Gasteiger charge is -2.24. The average molecular weight is 827 g/mol. The van der Waals surface area contributed by atoms with Gasteiger partial charge in [0.25, 0.3) is 0 Å². The number of hydrogen-bond acceptors (Lipinski definition) is 2. The molecule has 6 aromatic carbocycles. The Morgan fingerprint density at radius 1 is 0.274 bits per heavy atom. The van der Waals surface area contributed by atoms with Crippen molar-refractivity contribution in [2.24, 2.45) is 0 Å². The summed E-state index contributed by atoms with van der Waals surface area (Å²) in [4.78, 5) is 0. The molecule has 2 heteroatoms. The minimum absolute atomic E-state index is 0.756. The fraction of sp³-hybridized carbons (Fsp3) is 0.400. The summed E-state index contributed by atoms with van der Waals surface area (Å²) in [6, 6.07) is 52.9. The first-order chi connectivity index (χ1) is 30.8. The zero-order valence-corrected chi connectivity index (χ0v) is 38.2. The molecule has 0 radical (unpaired) electrons. The Hall–Kier alpha value is -5.08. The van der Waals surface area contributed by atoms with E-state index in [0.29, 0.717) is 0 Å². The molecule has 0 spiro atoms. The molecule has 0 N–H and O–H groups in total. The van der Waals surface area contributed by atoms with Crippen LogP contribution in [0.2, 0.25) is 0 Å². The van der Waals surface area contributed by atoms with Crippen molar-refractivity contribution in [2.45, 2.75) is 142 Å². The fourth-order valence-electron chi connectivity index (χ4n) is 8.86. The number of benzene rings is 6. The van der Waals surface area contributed by atoms with E-state index in [1.165, 1.54) is 171 Å². The van der Waals surface area contributed by atoms with Gasteiger partial charge in [-0.25, -0.2) is 0 Å². The summed E-state index contributed by atoms with van der Waals surface area (Å²) < 4.78 is 12.7. The summed E-state index contributed by atoms with van der Waals surface area (Å²) in [5, 5.41) is 0. The molecular weight excluding hydrogens is 753 g/mol. The second-order valence-corrected chi connectivity index (χ2v) is 17.3. The van der Waals surface area contributed by atoms with E-state index < -0.39 is 0 Å².